The average Bonchev–Trinajstić information content (AvgIpc) is 2.86. The fourth-order valence-electron chi connectivity index (χ4n) is 7.69. The Hall–Kier alpha value is -0.560. The van der Waals surface area contributed by atoms with Gasteiger partial charge in [-0.1, -0.05) is 64.3 Å². The maximum atomic E-state index is 9.69. The van der Waals surface area contributed by atoms with Gasteiger partial charge in [0.05, 0.1) is 0 Å². The Bertz CT molecular complexity index is 563. The Morgan fingerprint density at radius 3 is 2.48 bits per heavy atom. The summed E-state index contributed by atoms with van der Waals surface area (Å²) in [5, 5.41) is 9.69. The first kappa shape index (κ1) is 15.9. The summed E-state index contributed by atoms with van der Waals surface area (Å²) in [5.74, 6) is 2.79. The molecule has 0 aromatic rings. The van der Waals surface area contributed by atoms with Crippen molar-refractivity contribution in [2.45, 2.75) is 66.2 Å². The van der Waals surface area contributed by atoms with Gasteiger partial charge in [0.25, 0.3) is 0 Å². The van der Waals surface area contributed by atoms with Gasteiger partial charge in [0.2, 0.25) is 0 Å². The van der Waals surface area contributed by atoms with Crippen molar-refractivity contribution in [1.29, 1.82) is 0 Å². The molecule has 3 fully saturated rings. The second-order valence-electron chi connectivity index (χ2n) is 9.94. The third kappa shape index (κ3) is 1.84. The van der Waals surface area contributed by atoms with E-state index in [4.69, 9.17) is 0 Å². The number of fused-ring (bicyclic) bond motifs is 3. The third-order valence-corrected chi connectivity index (χ3v) is 8.82. The van der Waals surface area contributed by atoms with E-state index in [9.17, 15) is 5.11 Å². The molecule has 5 atom stereocenters. The largest absolute Gasteiger partial charge is 0.396 e. The summed E-state index contributed by atoms with van der Waals surface area (Å²) >= 11 is 0. The summed E-state index contributed by atoms with van der Waals surface area (Å²) < 4.78 is 0. The quantitative estimate of drug-likeness (QED) is 0.727. The van der Waals surface area contributed by atoms with Crippen LogP contribution in [0.25, 0.3) is 0 Å². The van der Waals surface area contributed by atoms with E-state index in [0.717, 1.165) is 18.3 Å². The van der Waals surface area contributed by atoms with Crippen LogP contribution in [0.2, 0.25) is 0 Å². The molecule has 0 aliphatic heterocycles. The van der Waals surface area contributed by atoms with E-state index in [1.54, 1.807) is 5.57 Å². The standard InChI is InChI=1S/C22H34O/c1-14-12-17-16(8-11-23)13-22(9-6-7-10-22)15(2)21(17,5)19-18(14)20(19,3)4/h12,15-16,18-19,23H,1,6-11,13H2,2-5H3/t15-,16-,18-,19+,21-/m1/s1. The molecule has 0 bridgehead atoms. The van der Waals surface area contributed by atoms with Crippen molar-refractivity contribution in [2.24, 2.45) is 39.9 Å². The second kappa shape index (κ2) is 4.75. The molecular formula is C22H34O. The number of rotatable bonds is 2. The molecule has 23 heavy (non-hydrogen) atoms. The first-order valence-electron chi connectivity index (χ1n) is 9.81. The van der Waals surface area contributed by atoms with E-state index in [1.807, 2.05) is 0 Å². The molecule has 0 unspecified atom stereocenters. The van der Waals surface area contributed by atoms with E-state index >= 15 is 0 Å². The first-order valence-corrected chi connectivity index (χ1v) is 9.81. The molecule has 0 radical (unpaired) electrons. The molecule has 0 aromatic heterocycles. The third-order valence-electron chi connectivity index (χ3n) is 8.82. The molecule has 1 nitrogen and oxygen atoms in total. The van der Waals surface area contributed by atoms with Crippen molar-refractivity contribution in [3.63, 3.8) is 0 Å². The minimum atomic E-state index is 0.317. The molecule has 1 heteroatoms. The van der Waals surface area contributed by atoms with Crippen LogP contribution < -0.4 is 0 Å². The van der Waals surface area contributed by atoms with Gasteiger partial charge >= 0.3 is 0 Å². The van der Waals surface area contributed by atoms with Crippen molar-refractivity contribution in [1.82, 2.24) is 0 Å². The lowest BCUT2D eigenvalue weighted by Crippen LogP contribution is -2.50. The summed E-state index contributed by atoms with van der Waals surface area (Å²) in [4.78, 5) is 0. The number of aliphatic hydroxyl groups is 1. The van der Waals surface area contributed by atoms with Gasteiger partial charge in [0, 0.05) is 6.61 Å². The molecule has 4 aliphatic rings. The van der Waals surface area contributed by atoms with Crippen molar-refractivity contribution in [2.75, 3.05) is 6.61 Å². The molecule has 1 spiro atoms. The lowest BCUT2D eigenvalue weighted by Gasteiger charge is -2.57. The van der Waals surface area contributed by atoms with Gasteiger partial charge in [-0.2, -0.15) is 0 Å². The normalized spacial score (nSPS) is 46.3. The van der Waals surface area contributed by atoms with Crippen LogP contribution in [0.15, 0.2) is 23.8 Å². The highest BCUT2D eigenvalue weighted by atomic mass is 16.3. The topological polar surface area (TPSA) is 20.2 Å². The van der Waals surface area contributed by atoms with Gasteiger partial charge in [-0.25, -0.2) is 0 Å². The zero-order chi connectivity index (χ0) is 16.6. The second-order valence-corrected chi connectivity index (χ2v) is 9.94. The van der Waals surface area contributed by atoms with Crippen LogP contribution in [0.4, 0.5) is 0 Å². The number of hydrogen-bond acceptors (Lipinski definition) is 1. The predicted molar refractivity (Wildman–Crippen MR) is 96.0 cm³/mol. The van der Waals surface area contributed by atoms with E-state index < -0.39 is 0 Å². The molecule has 0 amide bonds. The van der Waals surface area contributed by atoms with E-state index in [2.05, 4.69) is 40.3 Å². The molecular weight excluding hydrogens is 280 g/mol. The van der Waals surface area contributed by atoms with Gasteiger partial charge in [-0.15, -0.1) is 0 Å². The Kier molecular flexibility index (Phi) is 3.29. The summed E-state index contributed by atoms with van der Waals surface area (Å²) in [5.41, 5.74) is 4.27. The predicted octanol–water partition coefficient (Wildman–Crippen LogP) is 5.36. The van der Waals surface area contributed by atoms with Crippen molar-refractivity contribution >= 4 is 0 Å². The van der Waals surface area contributed by atoms with Gasteiger partial charge in [0.15, 0.2) is 0 Å². The average molecular weight is 315 g/mol. The Morgan fingerprint density at radius 2 is 1.87 bits per heavy atom. The molecule has 4 rings (SSSR count). The maximum absolute atomic E-state index is 9.69. The van der Waals surface area contributed by atoms with Crippen molar-refractivity contribution in [3.05, 3.63) is 23.8 Å². The van der Waals surface area contributed by atoms with Crippen LogP contribution in [-0.4, -0.2) is 11.7 Å². The minimum absolute atomic E-state index is 0.317. The Balaban J connectivity index is 1.83. The summed E-state index contributed by atoms with van der Waals surface area (Å²) in [6.45, 7) is 14.8. The molecule has 1 N–H and O–H groups in total. The monoisotopic (exact) mass is 314 g/mol. The van der Waals surface area contributed by atoms with Crippen molar-refractivity contribution in [3.8, 4) is 0 Å². The molecule has 0 aromatic carbocycles. The molecule has 4 aliphatic carbocycles. The van der Waals surface area contributed by atoms with Crippen molar-refractivity contribution < 1.29 is 5.11 Å². The highest BCUT2D eigenvalue weighted by molar-refractivity contribution is 5.46. The summed E-state index contributed by atoms with van der Waals surface area (Å²) in [6, 6.07) is 0. The van der Waals surface area contributed by atoms with Gasteiger partial charge in [-0.05, 0) is 65.6 Å². The van der Waals surface area contributed by atoms with Crippen LogP contribution in [0, 0.1) is 39.9 Å². The van der Waals surface area contributed by atoms with Gasteiger partial charge < -0.3 is 5.11 Å². The number of hydrogen-bond donors (Lipinski definition) is 1. The lowest BCUT2D eigenvalue weighted by atomic mass is 9.47. The number of allylic oxidation sites excluding steroid dienone is 3. The summed E-state index contributed by atoms with van der Waals surface area (Å²) in [6.07, 6.45) is 10.4. The summed E-state index contributed by atoms with van der Waals surface area (Å²) in [7, 11) is 0. The minimum Gasteiger partial charge on any atom is -0.396 e. The van der Waals surface area contributed by atoms with Crippen LogP contribution in [0.1, 0.15) is 66.2 Å². The molecule has 128 valence electrons. The highest BCUT2D eigenvalue weighted by Gasteiger charge is 2.72. The smallest absolute Gasteiger partial charge is 0.0436 e. The van der Waals surface area contributed by atoms with E-state index in [-0.39, 0.29) is 0 Å². The van der Waals surface area contributed by atoms with Crippen LogP contribution in [-0.2, 0) is 0 Å². The molecule has 0 heterocycles. The van der Waals surface area contributed by atoms with Gasteiger partial charge in [0.1, 0.15) is 0 Å². The van der Waals surface area contributed by atoms with Crippen LogP contribution >= 0.6 is 0 Å². The zero-order valence-electron chi connectivity index (χ0n) is 15.5. The molecule has 0 saturated heterocycles. The van der Waals surface area contributed by atoms with E-state index in [1.165, 1.54) is 37.7 Å². The Morgan fingerprint density at radius 1 is 1.22 bits per heavy atom. The lowest BCUT2D eigenvalue weighted by molar-refractivity contribution is -0.0172. The maximum Gasteiger partial charge on any atom is 0.0436 e. The Labute approximate surface area is 142 Å². The highest BCUT2D eigenvalue weighted by Crippen LogP contribution is 2.78. The van der Waals surface area contributed by atoms with Gasteiger partial charge in [-0.3, -0.25) is 0 Å². The zero-order valence-corrected chi connectivity index (χ0v) is 15.5. The fraction of sp³-hybridized carbons (Fsp3) is 0.818. The van der Waals surface area contributed by atoms with Crippen LogP contribution in [0.3, 0.4) is 0 Å². The first-order chi connectivity index (χ1) is 10.8. The van der Waals surface area contributed by atoms with E-state index in [0.29, 0.717) is 34.7 Å². The SMILES string of the molecule is C=C1C=C2[C@H](CCO)CC3(CCCC3)[C@H](C)[C@@]2(C)[C@H]2[C@@H]1C2(C)C. The molecule has 3 saturated carbocycles. The number of aliphatic hydroxyl groups excluding tert-OH is 1. The van der Waals surface area contributed by atoms with Crippen LogP contribution in [0.5, 0.6) is 0 Å². The fourth-order valence-corrected chi connectivity index (χ4v) is 7.69.